The Bertz CT molecular complexity index is 642. The Balaban J connectivity index is 0.00000300. The molecule has 1 aromatic rings. The molecular weight excluding hydrogens is 481 g/mol. The fourth-order valence-corrected chi connectivity index (χ4v) is 4.10. The average Bonchev–Trinajstić information content (AvgIpc) is 3.15. The highest BCUT2D eigenvalue weighted by Crippen LogP contribution is 2.30. The predicted octanol–water partition coefficient (Wildman–Crippen LogP) is 2.55. The smallest absolute Gasteiger partial charge is 0.191 e. The molecule has 2 saturated heterocycles. The molecule has 2 fully saturated rings. The minimum absolute atomic E-state index is 0. The molecule has 1 aromatic carbocycles. The number of benzene rings is 1. The Kier molecular flexibility index (Phi) is 9.61. The molecule has 0 bridgehead atoms. The van der Waals surface area contributed by atoms with Crippen molar-refractivity contribution in [3.05, 3.63) is 18.2 Å². The highest BCUT2D eigenvalue weighted by molar-refractivity contribution is 14.0. The van der Waals surface area contributed by atoms with Crippen molar-refractivity contribution in [3.63, 3.8) is 0 Å². The number of likely N-dealkylation sites (N-methyl/N-ethyl adjacent to an activating group) is 1. The largest absolute Gasteiger partial charge is 0.497 e. The molecule has 0 saturated carbocycles. The lowest BCUT2D eigenvalue weighted by molar-refractivity contribution is 0.309. The van der Waals surface area contributed by atoms with Crippen LogP contribution in [0.5, 0.6) is 11.5 Å². The summed E-state index contributed by atoms with van der Waals surface area (Å²) in [5.41, 5.74) is 1.15. The fraction of sp³-hybridized carbons (Fsp3) is 0.667. The maximum absolute atomic E-state index is 5.41. The van der Waals surface area contributed by atoms with Gasteiger partial charge in [0.05, 0.1) is 14.2 Å². The number of guanidine groups is 1. The van der Waals surface area contributed by atoms with Crippen molar-refractivity contribution in [2.45, 2.75) is 37.8 Å². The van der Waals surface area contributed by atoms with Gasteiger partial charge in [0.15, 0.2) is 5.96 Å². The highest BCUT2D eigenvalue weighted by Gasteiger charge is 2.23. The van der Waals surface area contributed by atoms with Crippen molar-refractivity contribution < 1.29 is 9.47 Å². The van der Waals surface area contributed by atoms with Gasteiger partial charge in [-0.15, -0.1) is 24.0 Å². The number of nitrogens with one attached hydrogen (secondary N) is 2. The number of likely N-dealkylation sites (tertiary alicyclic amines) is 1. The third kappa shape index (κ3) is 6.53. The molecule has 164 valence electrons. The number of hydrogen-bond acceptors (Lipinski definition) is 5. The van der Waals surface area contributed by atoms with Gasteiger partial charge >= 0.3 is 0 Å². The van der Waals surface area contributed by atoms with Gasteiger partial charge in [0, 0.05) is 62.7 Å². The van der Waals surface area contributed by atoms with Gasteiger partial charge in [-0.2, -0.15) is 0 Å². The lowest BCUT2D eigenvalue weighted by Crippen LogP contribution is -2.50. The van der Waals surface area contributed by atoms with E-state index in [4.69, 9.17) is 9.47 Å². The molecule has 0 aromatic heterocycles. The summed E-state index contributed by atoms with van der Waals surface area (Å²) in [6.07, 6.45) is 4.71. The minimum Gasteiger partial charge on any atom is -0.497 e. The van der Waals surface area contributed by atoms with E-state index in [1.807, 2.05) is 13.1 Å². The molecule has 7 nitrogen and oxygen atoms in total. The SMILES string of the molecule is CN=C(NCC1CCCN1C)NC1CCN(c2cc(OC)cc(OC)c2)CC1.I. The van der Waals surface area contributed by atoms with Gasteiger partial charge in [0.2, 0.25) is 0 Å². The zero-order chi connectivity index (χ0) is 19.9. The second kappa shape index (κ2) is 11.7. The first-order valence-corrected chi connectivity index (χ1v) is 10.3. The lowest BCUT2D eigenvalue weighted by atomic mass is 10.0. The number of nitrogens with zero attached hydrogens (tertiary/aromatic N) is 3. The molecule has 1 unspecified atom stereocenters. The zero-order valence-corrected chi connectivity index (χ0v) is 20.4. The Morgan fingerprint density at radius 1 is 1.07 bits per heavy atom. The average molecular weight is 517 g/mol. The van der Waals surface area contributed by atoms with Crippen LogP contribution in [0.4, 0.5) is 5.69 Å². The summed E-state index contributed by atoms with van der Waals surface area (Å²) in [4.78, 5) is 9.25. The number of ether oxygens (including phenoxy) is 2. The first-order chi connectivity index (χ1) is 13.6. The van der Waals surface area contributed by atoms with Crippen LogP contribution in [0.1, 0.15) is 25.7 Å². The maximum Gasteiger partial charge on any atom is 0.191 e. The van der Waals surface area contributed by atoms with Crippen LogP contribution >= 0.6 is 24.0 Å². The molecule has 0 aliphatic carbocycles. The highest BCUT2D eigenvalue weighted by atomic mass is 127. The number of halogens is 1. The van der Waals surface area contributed by atoms with Gasteiger partial charge in [-0.05, 0) is 39.3 Å². The Labute approximate surface area is 192 Å². The van der Waals surface area contributed by atoms with Gasteiger partial charge in [0.25, 0.3) is 0 Å². The molecule has 0 amide bonds. The van der Waals surface area contributed by atoms with Crippen molar-refractivity contribution in [1.82, 2.24) is 15.5 Å². The molecule has 29 heavy (non-hydrogen) atoms. The van der Waals surface area contributed by atoms with Gasteiger partial charge in [-0.3, -0.25) is 4.99 Å². The predicted molar refractivity (Wildman–Crippen MR) is 130 cm³/mol. The van der Waals surface area contributed by atoms with Crippen LogP contribution in [0.15, 0.2) is 23.2 Å². The van der Waals surface area contributed by atoms with E-state index in [-0.39, 0.29) is 24.0 Å². The Hall–Kier alpha value is -1.42. The number of piperidine rings is 1. The Morgan fingerprint density at radius 3 is 2.24 bits per heavy atom. The van der Waals surface area contributed by atoms with Crippen LogP contribution in [0.2, 0.25) is 0 Å². The van der Waals surface area contributed by atoms with Crippen LogP contribution in [0.25, 0.3) is 0 Å². The second-order valence-corrected chi connectivity index (χ2v) is 7.71. The number of methoxy groups -OCH3 is 2. The van der Waals surface area contributed by atoms with E-state index >= 15 is 0 Å². The van der Waals surface area contributed by atoms with E-state index in [1.165, 1.54) is 19.4 Å². The van der Waals surface area contributed by atoms with E-state index in [1.54, 1.807) is 14.2 Å². The number of anilines is 1. The van der Waals surface area contributed by atoms with Crippen molar-refractivity contribution in [3.8, 4) is 11.5 Å². The van der Waals surface area contributed by atoms with Gasteiger partial charge in [0.1, 0.15) is 11.5 Å². The van der Waals surface area contributed by atoms with Crippen LogP contribution in [0.3, 0.4) is 0 Å². The fourth-order valence-electron chi connectivity index (χ4n) is 4.10. The molecule has 0 spiro atoms. The summed E-state index contributed by atoms with van der Waals surface area (Å²) in [5, 5.41) is 7.12. The van der Waals surface area contributed by atoms with E-state index in [0.717, 1.165) is 55.6 Å². The lowest BCUT2D eigenvalue weighted by Gasteiger charge is -2.35. The summed E-state index contributed by atoms with van der Waals surface area (Å²) in [7, 11) is 7.44. The van der Waals surface area contributed by atoms with Gasteiger partial charge < -0.3 is 29.9 Å². The molecular formula is C21H36IN5O2. The topological polar surface area (TPSA) is 61.4 Å². The van der Waals surface area contributed by atoms with Crippen LogP contribution in [-0.4, -0.2) is 77.4 Å². The summed E-state index contributed by atoms with van der Waals surface area (Å²) in [6, 6.07) is 7.12. The quantitative estimate of drug-likeness (QED) is 0.344. The van der Waals surface area contributed by atoms with Crippen LogP contribution in [0, 0.1) is 0 Å². The molecule has 2 aliphatic heterocycles. The second-order valence-electron chi connectivity index (χ2n) is 7.71. The standard InChI is InChI=1S/C21H35N5O2.HI/c1-22-21(23-15-17-6-5-9-25(17)2)24-16-7-10-26(11-8-16)18-12-19(27-3)14-20(13-18)28-4;/h12-14,16-17H,5-11,15H2,1-4H3,(H2,22,23,24);1H. The Morgan fingerprint density at radius 2 is 1.72 bits per heavy atom. The van der Waals surface area contributed by atoms with Gasteiger partial charge in [-0.1, -0.05) is 0 Å². The maximum atomic E-state index is 5.41. The van der Waals surface area contributed by atoms with E-state index in [2.05, 4.69) is 44.6 Å². The summed E-state index contributed by atoms with van der Waals surface area (Å²) in [6.45, 7) is 4.15. The molecule has 0 radical (unpaired) electrons. The number of rotatable bonds is 6. The van der Waals surface area contributed by atoms with Crippen molar-refractivity contribution in [2.24, 2.45) is 4.99 Å². The molecule has 2 aliphatic rings. The number of hydrogen-bond donors (Lipinski definition) is 2. The van der Waals surface area contributed by atoms with Gasteiger partial charge in [-0.25, -0.2) is 0 Å². The molecule has 2 N–H and O–H groups in total. The number of aliphatic imine (C=N–C) groups is 1. The van der Waals surface area contributed by atoms with Crippen LogP contribution < -0.4 is 25.0 Å². The van der Waals surface area contributed by atoms with Crippen molar-refractivity contribution >= 4 is 35.6 Å². The summed E-state index contributed by atoms with van der Waals surface area (Å²) < 4.78 is 10.8. The van der Waals surface area contributed by atoms with Crippen LogP contribution in [-0.2, 0) is 0 Å². The van der Waals surface area contributed by atoms with E-state index in [9.17, 15) is 0 Å². The van der Waals surface area contributed by atoms with Crippen molar-refractivity contribution in [1.29, 1.82) is 0 Å². The normalized spacial score (nSPS) is 20.9. The molecule has 2 heterocycles. The zero-order valence-electron chi connectivity index (χ0n) is 18.1. The first-order valence-electron chi connectivity index (χ1n) is 10.3. The minimum atomic E-state index is 0. The summed E-state index contributed by atoms with van der Waals surface area (Å²) in [5.74, 6) is 2.58. The summed E-state index contributed by atoms with van der Waals surface area (Å²) >= 11 is 0. The van der Waals surface area contributed by atoms with E-state index < -0.39 is 0 Å². The van der Waals surface area contributed by atoms with E-state index in [0.29, 0.717) is 12.1 Å². The molecule has 3 rings (SSSR count). The molecule has 1 atom stereocenters. The monoisotopic (exact) mass is 517 g/mol. The third-order valence-corrected chi connectivity index (χ3v) is 5.94. The first kappa shape index (κ1) is 23.9. The molecule has 8 heteroatoms. The van der Waals surface area contributed by atoms with Crippen molar-refractivity contribution in [2.75, 3.05) is 59.4 Å². The third-order valence-electron chi connectivity index (χ3n) is 5.94.